The molecule has 0 amide bonds. The summed E-state index contributed by atoms with van der Waals surface area (Å²) in [7, 11) is 3.45. The summed E-state index contributed by atoms with van der Waals surface area (Å²) in [5.74, 6) is 0.220. The van der Waals surface area contributed by atoms with E-state index in [2.05, 4.69) is 29.1 Å². The number of piperidine rings is 1. The summed E-state index contributed by atoms with van der Waals surface area (Å²) >= 11 is 0. The number of esters is 1. The molecule has 7 heteroatoms. The first-order valence-corrected chi connectivity index (χ1v) is 10.8. The van der Waals surface area contributed by atoms with Crippen molar-refractivity contribution in [1.82, 2.24) is 9.80 Å². The highest BCUT2D eigenvalue weighted by Crippen LogP contribution is 2.37. The van der Waals surface area contributed by atoms with Crippen molar-refractivity contribution in [2.24, 2.45) is 4.99 Å². The molecule has 6 nitrogen and oxygen atoms in total. The van der Waals surface area contributed by atoms with Crippen molar-refractivity contribution in [2.75, 3.05) is 39.1 Å². The smallest absolute Gasteiger partial charge is 0.337 e. The number of carbonyl (C=O) groups excluding carboxylic acids is 1. The Balaban J connectivity index is 1.70. The van der Waals surface area contributed by atoms with Crippen LogP contribution in [0.5, 0.6) is 0 Å². The van der Waals surface area contributed by atoms with Crippen LogP contribution in [-0.2, 0) is 4.74 Å². The lowest BCUT2D eigenvalue weighted by atomic mass is 9.98. The summed E-state index contributed by atoms with van der Waals surface area (Å²) in [6, 6.07) is 12.0. The van der Waals surface area contributed by atoms with E-state index in [1.165, 1.54) is 19.2 Å². The first-order chi connectivity index (χ1) is 15.0. The zero-order valence-corrected chi connectivity index (χ0v) is 18.3. The molecule has 4 rings (SSSR count). The summed E-state index contributed by atoms with van der Waals surface area (Å²) in [6.07, 6.45) is 2.13. The number of benzene rings is 2. The average molecular weight is 425 g/mol. The fourth-order valence-corrected chi connectivity index (χ4v) is 4.38. The maximum absolute atomic E-state index is 13.6. The van der Waals surface area contributed by atoms with Gasteiger partial charge >= 0.3 is 5.97 Å². The highest BCUT2D eigenvalue weighted by atomic mass is 19.1. The van der Waals surface area contributed by atoms with Crippen molar-refractivity contribution >= 4 is 23.2 Å². The van der Waals surface area contributed by atoms with Crippen molar-refractivity contribution in [3.63, 3.8) is 0 Å². The third kappa shape index (κ3) is 4.42. The van der Waals surface area contributed by atoms with Gasteiger partial charge in [0.2, 0.25) is 0 Å². The Bertz CT molecular complexity index is 968. The second kappa shape index (κ2) is 9.06. The standard InChI is InChI=1S/C24H29FN4O2/c1-4-29-13-11-19(12-14-29)28(2)23-22(16-5-8-18(25)9-6-16)26-20-10-7-17(24(30)31-3)15-21(20)27-23/h5-10,15,19,22,26H,4,11-14H2,1-3H3. The van der Waals surface area contributed by atoms with Crippen LogP contribution < -0.4 is 5.32 Å². The van der Waals surface area contributed by atoms with Crippen LogP contribution in [0.1, 0.15) is 41.7 Å². The van der Waals surface area contributed by atoms with Gasteiger partial charge in [-0.1, -0.05) is 19.1 Å². The fraction of sp³-hybridized carbons (Fsp3) is 0.417. The lowest BCUT2D eigenvalue weighted by Crippen LogP contribution is -2.48. The Kier molecular flexibility index (Phi) is 6.23. The molecule has 2 aromatic carbocycles. The number of anilines is 1. The van der Waals surface area contributed by atoms with Crippen LogP contribution in [0, 0.1) is 5.82 Å². The number of halogens is 1. The zero-order valence-electron chi connectivity index (χ0n) is 18.3. The third-order valence-electron chi connectivity index (χ3n) is 6.33. The van der Waals surface area contributed by atoms with Gasteiger partial charge < -0.3 is 19.9 Å². The second-order valence-corrected chi connectivity index (χ2v) is 8.10. The molecule has 0 bridgehead atoms. The van der Waals surface area contributed by atoms with Crippen molar-refractivity contribution in [2.45, 2.75) is 31.8 Å². The molecule has 1 saturated heterocycles. The Morgan fingerprint density at radius 3 is 2.58 bits per heavy atom. The number of hydrogen-bond donors (Lipinski definition) is 1. The van der Waals surface area contributed by atoms with Gasteiger partial charge in [0.15, 0.2) is 0 Å². The summed E-state index contributed by atoms with van der Waals surface area (Å²) < 4.78 is 18.4. The molecule has 1 atom stereocenters. The Labute approximate surface area is 182 Å². The number of carbonyl (C=O) groups is 1. The number of aliphatic imine (C=N–C) groups is 1. The molecule has 1 unspecified atom stereocenters. The van der Waals surface area contributed by atoms with Crippen molar-refractivity contribution in [1.29, 1.82) is 0 Å². The van der Waals surface area contributed by atoms with Crippen LogP contribution in [0.3, 0.4) is 0 Å². The predicted molar refractivity (Wildman–Crippen MR) is 121 cm³/mol. The van der Waals surface area contributed by atoms with E-state index in [1.54, 1.807) is 24.3 Å². The SMILES string of the molecule is CCN1CCC(N(C)C2=Nc3cc(C(=O)OC)ccc3NC2c2ccc(F)cc2)CC1. The van der Waals surface area contributed by atoms with Crippen molar-refractivity contribution in [3.05, 3.63) is 59.4 Å². The number of rotatable bonds is 4. The lowest BCUT2D eigenvalue weighted by molar-refractivity contribution is 0.0601. The average Bonchev–Trinajstić information content (AvgIpc) is 2.82. The van der Waals surface area contributed by atoms with Gasteiger partial charge in [0, 0.05) is 26.2 Å². The van der Waals surface area contributed by atoms with E-state index in [4.69, 9.17) is 9.73 Å². The molecule has 2 aliphatic rings. The van der Waals surface area contributed by atoms with Gasteiger partial charge in [-0.2, -0.15) is 0 Å². The van der Waals surface area contributed by atoms with Crippen LogP contribution in [0.2, 0.25) is 0 Å². The van der Waals surface area contributed by atoms with Crippen LogP contribution in [0.4, 0.5) is 15.8 Å². The summed E-state index contributed by atoms with van der Waals surface area (Å²) in [5.41, 5.74) is 2.94. The fourth-order valence-electron chi connectivity index (χ4n) is 4.38. The molecule has 0 saturated carbocycles. The molecule has 2 aliphatic heterocycles. The number of hydrogen-bond acceptors (Lipinski definition) is 6. The molecule has 0 aromatic heterocycles. The number of likely N-dealkylation sites (tertiary alicyclic amines) is 1. The van der Waals surface area contributed by atoms with E-state index in [9.17, 15) is 9.18 Å². The van der Waals surface area contributed by atoms with Gasteiger partial charge in [0.1, 0.15) is 17.7 Å². The van der Waals surface area contributed by atoms with Crippen LogP contribution in [0.25, 0.3) is 0 Å². The van der Waals surface area contributed by atoms with Crippen LogP contribution in [-0.4, -0.2) is 61.4 Å². The summed E-state index contributed by atoms with van der Waals surface area (Å²) in [4.78, 5) is 21.7. The summed E-state index contributed by atoms with van der Waals surface area (Å²) in [6.45, 7) is 5.40. The number of ether oxygens (including phenoxy) is 1. The Hall–Kier alpha value is -2.93. The number of nitrogens with zero attached hydrogens (tertiary/aromatic N) is 3. The molecule has 0 radical (unpaired) electrons. The van der Waals surface area contributed by atoms with Gasteiger partial charge in [-0.3, -0.25) is 0 Å². The van der Waals surface area contributed by atoms with Crippen molar-refractivity contribution < 1.29 is 13.9 Å². The number of likely N-dealkylation sites (N-methyl/N-ethyl adjacent to an activating group) is 1. The first-order valence-electron chi connectivity index (χ1n) is 10.8. The molecule has 0 spiro atoms. The van der Waals surface area contributed by atoms with Crippen LogP contribution >= 0.6 is 0 Å². The van der Waals surface area contributed by atoms with Crippen LogP contribution in [0.15, 0.2) is 47.5 Å². The van der Waals surface area contributed by atoms with Gasteiger partial charge in [-0.15, -0.1) is 0 Å². The van der Waals surface area contributed by atoms with E-state index in [1.807, 2.05) is 6.07 Å². The molecule has 2 aromatic rings. The minimum atomic E-state index is -0.388. The summed E-state index contributed by atoms with van der Waals surface area (Å²) in [5, 5.41) is 3.55. The van der Waals surface area contributed by atoms with Gasteiger partial charge in [0.25, 0.3) is 0 Å². The van der Waals surface area contributed by atoms with E-state index >= 15 is 0 Å². The third-order valence-corrected chi connectivity index (χ3v) is 6.33. The Morgan fingerprint density at radius 2 is 1.94 bits per heavy atom. The molecule has 31 heavy (non-hydrogen) atoms. The largest absolute Gasteiger partial charge is 0.465 e. The van der Waals surface area contributed by atoms with Gasteiger partial charge in [-0.05, 0) is 55.3 Å². The maximum Gasteiger partial charge on any atom is 0.337 e. The van der Waals surface area contributed by atoms with Crippen molar-refractivity contribution in [3.8, 4) is 0 Å². The highest BCUT2D eigenvalue weighted by Gasteiger charge is 2.32. The normalized spacial score (nSPS) is 19.2. The maximum atomic E-state index is 13.6. The van der Waals surface area contributed by atoms with E-state index in [-0.39, 0.29) is 17.8 Å². The quantitative estimate of drug-likeness (QED) is 0.745. The van der Waals surface area contributed by atoms with Gasteiger partial charge in [0.05, 0.1) is 24.0 Å². The zero-order chi connectivity index (χ0) is 22.0. The lowest BCUT2D eigenvalue weighted by Gasteiger charge is -2.41. The van der Waals surface area contributed by atoms with E-state index in [0.29, 0.717) is 17.3 Å². The van der Waals surface area contributed by atoms with E-state index < -0.39 is 0 Å². The molecule has 164 valence electrons. The monoisotopic (exact) mass is 424 g/mol. The molecular formula is C24H29FN4O2. The second-order valence-electron chi connectivity index (χ2n) is 8.10. The number of fused-ring (bicyclic) bond motifs is 1. The topological polar surface area (TPSA) is 57.2 Å². The molecule has 1 fully saturated rings. The number of nitrogens with one attached hydrogen (secondary N) is 1. The molecular weight excluding hydrogens is 395 g/mol. The minimum Gasteiger partial charge on any atom is -0.465 e. The predicted octanol–water partition coefficient (Wildman–Crippen LogP) is 4.23. The number of methoxy groups -OCH3 is 1. The molecule has 0 aliphatic carbocycles. The van der Waals surface area contributed by atoms with Gasteiger partial charge in [-0.25, -0.2) is 14.2 Å². The number of amidine groups is 1. The first kappa shape index (κ1) is 21.3. The highest BCUT2D eigenvalue weighted by molar-refractivity contribution is 5.99. The molecule has 1 N–H and O–H groups in total. The molecule has 2 heterocycles. The minimum absolute atomic E-state index is 0.203. The Morgan fingerprint density at radius 1 is 1.23 bits per heavy atom. The van der Waals surface area contributed by atoms with E-state index in [0.717, 1.165) is 49.6 Å².